The van der Waals surface area contributed by atoms with Crippen LogP contribution in [0.1, 0.15) is 11.3 Å². The fourth-order valence-electron chi connectivity index (χ4n) is 1.85. The van der Waals surface area contributed by atoms with E-state index in [0.29, 0.717) is 12.1 Å². The predicted octanol–water partition coefficient (Wildman–Crippen LogP) is 2.13. The predicted molar refractivity (Wildman–Crippen MR) is 62.2 cm³/mol. The van der Waals surface area contributed by atoms with Gasteiger partial charge < -0.3 is 9.55 Å². The van der Waals surface area contributed by atoms with Crippen molar-refractivity contribution in [3.05, 3.63) is 46.5 Å². The zero-order valence-electron chi connectivity index (χ0n) is 9.00. The molecular formula is C12H14N2O. The number of rotatable bonds is 2. The third kappa shape index (κ3) is 1.50. The van der Waals surface area contributed by atoms with E-state index in [0.717, 1.165) is 16.6 Å². The minimum atomic E-state index is 0.0172. The number of aryl methyl sites for hydroxylation is 2. The maximum absolute atomic E-state index is 12.0. The van der Waals surface area contributed by atoms with Crippen molar-refractivity contribution < 1.29 is 0 Å². The normalized spacial score (nSPS) is 10.8. The maximum atomic E-state index is 12.0. The van der Waals surface area contributed by atoms with Crippen molar-refractivity contribution >= 4 is 10.9 Å². The number of nitrogens with zero attached hydrogens (tertiary/aromatic N) is 1. The molecule has 2 aromatic heterocycles. The Morgan fingerprint density at radius 3 is 2.93 bits per heavy atom. The lowest BCUT2D eigenvalue weighted by atomic mass is 10.2. The quantitative estimate of drug-likeness (QED) is 0.744. The molecule has 0 spiro atoms. The van der Waals surface area contributed by atoms with Gasteiger partial charge in [-0.1, -0.05) is 6.08 Å². The van der Waals surface area contributed by atoms with Crippen LogP contribution in [0.25, 0.3) is 10.9 Å². The van der Waals surface area contributed by atoms with Crippen LogP contribution < -0.4 is 5.56 Å². The number of pyridine rings is 1. The van der Waals surface area contributed by atoms with E-state index < -0.39 is 0 Å². The van der Waals surface area contributed by atoms with Crippen molar-refractivity contribution in [1.82, 2.24) is 9.55 Å². The Morgan fingerprint density at radius 1 is 1.53 bits per heavy atom. The Kier molecular flexibility index (Phi) is 2.23. The minimum Gasteiger partial charge on any atom is -0.354 e. The van der Waals surface area contributed by atoms with Crippen LogP contribution in [0.15, 0.2) is 29.7 Å². The molecule has 3 heteroatoms. The van der Waals surface area contributed by atoms with Gasteiger partial charge in [0.05, 0.1) is 0 Å². The minimum absolute atomic E-state index is 0.0172. The van der Waals surface area contributed by atoms with E-state index in [1.54, 1.807) is 10.6 Å². The second-order valence-corrected chi connectivity index (χ2v) is 3.80. The van der Waals surface area contributed by atoms with Gasteiger partial charge in [-0.3, -0.25) is 4.79 Å². The van der Waals surface area contributed by atoms with Gasteiger partial charge in [-0.05, 0) is 25.5 Å². The lowest BCUT2D eigenvalue weighted by Gasteiger charge is -2.04. The number of aromatic nitrogens is 2. The summed E-state index contributed by atoms with van der Waals surface area (Å²) < 4.78 is 1.67. The van der Waals surface area contributed by atoms with Gasteiger partial charge in [-0.15, -0.1) is 6.58 Å². The van der Waals surface area contributed by atoms with E-state index in [1.807, 2.05) is 26.1 Å². The monoisotopic (exact) mass is 202 g/mol. The van der Waals surface area contributed by atoms with Crippen molar-refractivity contribution in [3.8, 4) is 0 Å². The van der Waals surface area contributed by atoms with Crippen LogP contribution in [0.3, 0.4) is 0 Å². The van der Waals surface area contributed by atoms with Crippen LogP contribution in [0.5, 0.6) is 0 Å². The van der Waals surface area contributed by atoms with Crippen LogP contribution in [0.4, 0.5) is 0 Å². The van der Waals surface area contributed by atoms with Crippen molar-refractivity contribution in [3.63, 3.8) is 0 Å². The molecule has 3 nitrogen and oxygen atoms in total. The largest absolute Gasteiger partial charge is 0.354 e. The molecular weight excluding hydrogens is 188 g/mol. The van der Waals surface area contributed by atoms with Crippen LogP contribution in [0.2, 0.25) is 0 Å². The van der Waals surface area contributed by atoms with Crippen molar-refractivity contribution in [2.75, 3.05) is 0 Å². The summed E-state index contributed by atoms with van der Waals surface area (Å²) in [5, 5.41) is 1.01. The maximum Gasteiger partial charge on any atom is 0.275 e. The Bertz CT molecular complexity index is 575. The fraction of sp³-hybridized carbons (Fsp3) is 0.250. The zero-order chi connectivity index (χ0) is 11.0. The van der Waals surface area contributed by atoms with Gasteiger partial charge in [0.2, 0.25) is 0 Å². The van der Waals surface area contributed by atoms with Crippen LogP contribution in [-0.2, 0) is 6.54 Å². The summed E-state index contributed by atoms with van der Waals surface area (Å²) in [5.74, 6) is 0. The molecule has 0 aliphatic heterocycles. The number of fused-ring (bicyclic) bond motifs is 1. The highest BCUT2D eigenvalue weighted by molar-refractivity contribution is 5.82. The molecule has 2 aromatic rings. The molecule has 0 saturated carbocycles. The van der Waals surface area contributed by atoms with Gasteiger partial charge in [0, 0.05) is 23.8 Å². The SMILES string of the molecule is C=CCn1cc(C)c2cc(C)[nH]c2c1=O. The van der Waals surface area contributed by atoms with E-state index in [1.165, 1.54) is 0 Å². The van der Waals surface area contributed by atoms with Crippen LogP contribution in [-0.4, -0.2) is 9.55 Å². The molecule has 78 valence electrons. The average molecular weight is 202 g/mol. The zero-order valence-corrected chi connectivity index (χ0v) is 9.00. The van der Waals surface area contributed by atoms with Gasteiger partial charge in [-0.25, -0.2) is 0 Å². The van der Waals surface area contributed by atoms with Crippen molar-refractivity contribution in [2.24, 2.45) is 0 Å². The van der Waals surface area contributed by atoms with Crippen molar-refractivity contribution in [2.45, 2.75) is 20.4 Å². The van der Waals surface area contributed by atoms with E-state index in [4.69, 9.17) is 0 Å². The summed E-state index contributed by atoms with van der Waals surface area (Å²) in [6, 6.07) is 2.00. The number of allylic oxidation sites excluding steroid dienone is 1. The Hall–Kier alpha value is -1.77. The number of hydrogen-bond acceptors (Lipinski definition) is 1. The number of aromatic amines is 1. The first-order valence-electron chi connectivity index (χ1n) is 4.93. The molecule has 0 aliphatic carbocycles. The van der Waals surface area contributed by atoms with Crippen LogP contribution >= 0.6 is 0 Å². The Morgan fingerprint density at radius 2 is 2.27 bits per heavy atom. The second kappa shape index (κ2) is 3.42. The summed E-state index contributed by atoms with van der Waals surface area (Å²) in [7, 11) is 0. The highest BCUT2D eigenvalue weighted by Crippen LogP contribution is 2.15. The number of nitrogens with one attached hydrogen (secondary N) is 1. The number of H-pyrrole nitrogens is 1. The lowest BCUT2D eigenvalue weighted by Crippen LogP contribution is -2.19. The molecule has 0 bridgehead atoms. The van der Waals surface area contributed by atoms with Crippen molar-refractivity contribution in [1.29, 1.82) is 0 Å². The molecule has 0 unspecified atom stereocenters. The van der Waals surface area contributed by atoms with Gasteiger partial charge >= 0.3 is 0 Å². The molecule has 1 N–H and O–H groups in total. The summed E-state index contributed by atoms with van der Waals surface area (Å²) in [6.07, 6.45) is 3.60. The molecule has 15 heavy (non-hydrogen) atoms. The Balaban J connectivity index is 2.83. The summed E-state index contributed by atoms with van der Waals surface area (Å²) in [5.41, 5.74) is 2.83. The van der Waals surface area contributed by atoms with Gasteiger partial charge in [0.1, 0.15) is 5.52 Å². The van der Waals surface area contributed by atoms with Gasteiger partial charge in [0.25, 0.3) is 5.56 Å². The van der Waals surface area contributed by atoms with E-state index in [2.05, 4.69) is 11.6 Å². The molecule has 0 aromatic carbocycles. The molecule has 0 fully saturated rings. The summed E-state index contributed by atoms with van der Waals surface area (Å²) in [6.45, 7) is 8.16. The molecule has 2 heterocycles. The molecule has 0 radical (unpaired) electrons. The Labute approximate surface area is 88.0 Å². The summed E-state index contributed by atoms with van der Waals surface area (Å²) in [4.78, 5) is 15.1. The standard InChI is InChI=1S/C12H14N2O/c1-4-5-14-7-8(2)10-6-9(3)13-11(10)12(14)15/h4,6-7,13H,1,5H2,2-3H3. The topological polar surface area (TPSA) is 37.8 Å². The number of hydrogen-bond donors (Lipinski definition) is 1. The average Bonchev–Trinajstić information content (AvgIpc) is 2.57. The van der Waals surface area contributed by atoms with E-state index >= 15 is 0 Å². The molecule has 0 atom stereocenters. The highest BCUT2D eigenvalue weighted by atomic mass is 16.1. The first-order chi connectivity index (χ1) is 7.13. The third-order valence-electron chi connectivity index (χ3n) is 2.53. The summed E-state index contributed by atoms with van der Waals surface area (Å²) >= 11 is 0. The first-order valence-corrected chi connectivity index (χ1v) is 4.93. The second-order valence-electron chi connectivity index (χ2n) is 3.80. The first kappa shape index (κ1) is 9.77. The van der Waals surface area contributed by atoms with Gasteiger partial charge in [-0.2, -0.15) is 0 Å². The van der Waals surface area contributed by atoms with Gasteiger partial charge in [0.15, 0.2) is 0 Å². The molecule has 0 aliphatic rings. The molecule has 2 rings (SSSR count). The molecule has 0 amide bonds. The smallest absolute Gasteiger partial charge is 0.275 e. The highest BCUT2D eigenvalue weighted by Gasteiger charge is 2.07. The lowest BCUT2D eigenvalue weighted by molar-refractivity contribution is 0.783. The molecule has 0 saturated heterocycles. The van der Waals surface area contributed by atoms with E-state index in [9.17, 15) is 4.79 Å². The third-order valence-corrected chi connectivity index (χ3v) is 2.53. The van der Waals surface area contributed by atoms with E-state index in [-0.39, 0.29) is 5.56 Å². The van der Waals surface area contributed by atoms with Crippen LogP contribution in [0, 0.1) is 13.8 Å². The fourth-order valence-corrected chi connectivity index (χ4v) is 1.85.